The molecule has 1 heterocycles. The molecule has 0 aromatic heterocycles. The first kappa shape index (κ1) is 14.8. The molecule has 1 amide bonds. The van der Waals surface area contributed by atoms with Crippen molar-refractivity contribution in [1.82, 2.24) is 4.90 Å². The van der Waals surface area contributed by atoms with Gasteiger partial charge in [0.15, 0.2) is 0 Å². The average molecular weight is 295 g/mol. The van der Waals surface area contributed by atoms with Gasteiger partial charge in [0.2, 0.25) is 5.91 Å². The van der Waals surface area contributed by atoms with Crippen LogP contribution in [0.15, 0.2) is 54.6 Å². The van der Waals surface area contributed by atoms with Gasteiger partial charge in [-0.15, -0.1) is 0 Å². The minimum Gasteiger partial charge on any atom is -0.385 e. The predicted molar refractivity (Wildman–Crippen MR) is 86.2 cm³/mol. The van der Waals surface area contributed by atoms with Crippen LogP contribution >= 0.6 is 0 Å². The van der Waals surface area contributed by atoms with E-state index >= 15 is 0 Å². The van der Waals surface area contributed by atoms with Gasteiger partial charge in [-0.05, 0) is 30.0 Å². The largest absolute Gasteiger partial charge is 0.385 e. The molecule has 1 N–H and O–H groups in total. The Kier molecular flexibility index (Phi) is 3.99. The zero-order chi connectivity index (χ0) is 15.6. The van der Waals surface area contributed by atoms with Crippen molar-refractivity contribution in [3.05, 3.63) is 71.3 Å². The third kappa shape index (κ3) is 3.04. The number of nitrogens with zero attached hydrogens (tertiary/aromatic N) is 1. The normalized spacial score (nSPS) is 16.7. The lowest BCUT2D eigenvalue weighted by atomic mass is 9.91. The van der Waals surface area contributed by atoms with Crippen molar-refractivity contribution in [2.24, 2.45) is 0 Å². The average Bonchev–Trinajstić information content (AvgIpc) is 2.55. The van der Waals surface area contributed by atoms with Gasteiger partial charge >= 0.3 is 0 Å². The summed E-state index contributed by atoms with van der Waals surface area (Å²) >= 11 is 0. The number of fused-ring (bicyclic) bond motifs is 1. The molecular formula is C19H21NO2. The lowest BCUT2D eigenvalue weighted by Gasteiger charge is -2.32. The van der Waals surface area contributed by atoms with Crippen LogP contribution in [-0.2, 0) is 23.4 Å². The maximum absolute atomic E-state index is 12.6. The SMILES string of the molecule is CC(O)(CC(=O)N1CCc2ccccc2C1)c1ccccc1. The summed E-state index contributed by atoms with van der Waals surface area (Å²) in [5.41, 5.74) is 2.18. The third-order valence-corrected chi connectivity index (χ3v) is 4.37. The van der Waals surface area contributed by atoms with E-state index in [2.05, 4.69) is 12.1 Å². The number of hydrogen-bond acceptors (Lipinski definition) is 2. The molecule has 0 saturated heterocycles. The number of amides is 1. The van der Waals surface area contributed by atoms with Gasteiger partial charge in [-0.1, -0.05) is 54.6 Å². The maximum atomic E-state index is 12.6. The van der Waals surface area contributed by atoms with Crippen LogP contribution in [0.3, 0.4) is 0 Å². The molecule has 0 spiro atoms. The minimum atomic E-state index is -1.13. The molecule has 3 heteroatoms. The highest BCUT2D eigenvalue weighted by Gasteiger charge is 2.30. The highest BCUT2D eigenvalue weighted by atomic mass is 16.3. The number of carbonyl (C=O) groups excluding carboxylic acids is 1. The topological polar surface area (TPSA) is 40.5 Å². The Bertz CT molecular complexity index is 664. The zero-order valence-corrected chi connectivity index (χ0v) is 12.8. The summed E-state index contributed by atoms with van der Waals surface area (Å²) in [4.78, 5) is 14.4. The standard InChI is InChI=1S/C19H21NO2/c1-19(22,17-9-3-2-4-10-17)13-18(21)20-12-11-15-7-5-6-8-16(15)14-20/h2-10,22H,11-14H2,1H3. The fourth-order valence-electron chi connectivity index (χ4n) is 3.01. The lowest BCUT2D eigenvalue weighted by molar-refractivity contribution is -0.137. The van der Waals surface area contributed by atoms with Gasteiger partial charge in [0, 0.05) is 13.1 Å². The van der Waals surface area contributed by atoms with Gasteiger partial charge in [0.25, 0.3) is 0 Å². The van der Waals surface area contributed by atoms with Crippen LogP contribution in [0.5, 0.6) is 0 Å². The minimum absolute atomic E-state index is 0.00311. The summed E-state index contributed by atoms with van der Waals surface area (Å²) < 4.78 is 0. The van der Waals surface area contributed by atoms with Gasteiger partial charge in [-0.25, -0.2) is 0 Å². The molecule has 0 fully saturated rings. The van der Waals surface area contributed by atoms with Crippen molar-refractivity contribution in [2.75, 3.05) is 6.54 Å². The summed E-state index contributed by atoms with van der Waals surface area (Å²) in [7, 11) is 0. The Hall–Kier alpha value is -2.13. The molecule has 1 atom stereocenters. The van der Waals surface area contributed by atoms with Crippen LogP contribution in [-0.4, -0.2) is 22.5 Å². The summed E-state index contributed by atoms with van der Waals surface area (Å²) in [6.45, 7) is 3.07. The lowest BCUT2D eigenvalue weighted by Crippen LogP contribution is -2.39. The zero-order valence-electron chi connectivity index (χ0n) is 12.8. The van der Waals surface area contributed by atoms with Crippen molar-refractivity contribution < 1.29 is 9.90 Å². The highest BCUT2D eigenvalue weighted by Crippen LogP contribution is 2.27. The van der Waals surface area contributed by atoms with E-state index in [0.717, 1.165) is 18.5 Å². The number of aliphatic hydroxyl groups is 1. The quantitative estimate of drug-likeness (QED) is 0.946. The predicted octanol–water partition coefficient (Wildman–Crippen LogP) is 2.87. The van der Waals surface area contributed by atoms with E-state index in [1.54, 1.807) is 6.92 Å². The number of benzene rings is 2. The molecule has 2 aromatic rings. The summed E-state index contributed by atoms with van der Waals surface area (Å²) in [5, 5.41) is 10.6. The Balaban J connectivity index is 1.71. The van der Waals surface area contributed by atoms with E-state index in [4.69, 9.17) is 0 Å². The van der Waals surface area contributed by atoms with E-state index < -0.39 is 5.60 Å². The molecule has 1 aliphatic heterocycles. The van der Waals surface area contributed by atoms with Crippen LogP contribution in [0.25, 0.3) is 0 Å². The van der Waals surface area contributed by atoms with Crippen molar-refractivity contribution in [2.45, 2.75) is 31.9 Å². The highest BCUT2D eigenvalue weighted by molar-refractivity contribution is 5.77. The number of hydrogen-bond donors (Lipinski definition) is 1. The van der Waals surface area contributed by atoms with E-state index in [9.17, 15) is 9.90 Å². The summed E-state index contributed by atoms with van der Waals surface area (Å²) in [6.07, 6.45) is 0.995. The van der Waals surface area contributed by atoms with Crippen molar-refractivity contribution in [3.63, 3.8) is 0 Å². The van der Waals surface area contributed by atoms with Crippen molar-refractivity contribution in [1.29, 1.82) is 0 Å². The van der Waals surface area contributed by atoms with Gasteiger partial charge in [0.05, 0.1) is 12.0 Å². The third-order valence-electron chi connectivity index (χ3n) is 4.37. The van der Waals surface area contributed by atoms with E-state index in [-0.39, 0.29) is 12.3 Å². The Morgan fingerprint density at radius 3 is 2.45 bits per heavy atom. The van der Waals surface area contributed by atoms with Crippen LogP contribution < -0.4 is 0 Å². The van der Waals surface area contributed by atoms with E-state index in [1.807, 2.05) is 47.4 Å². The molecule has 2 aromatic carbocycles. The number of rotatable bonds is 3. The molecule has 1 unspecified atom stereocenters. The summed E-state index contributed by atoms with van der Waals surface area (Å²) in [6, 6.07) is 17.6. The van der Waals surface area contributed by atoms with Crippen LogP contribution in [0, 0.1) is 0 Å². The molecule has 3 rings (SSSR count). The molecule has 0 bridgehead atoms. The van der Waals surface area contributed by atoms with Crippen molar-refractivity contribution in [3.8, 4) is 0 Å². The van der Waals surface area contributed by atoms with Gasteiger partial charge in [0.1, 0.15) is 0 Å². The summed E-state index contributed by atoms with van der Waals surface area (Å²) in [5.74, 6) is 0.00311. The maximum Gasteiger partial charge on any atom is 0.226 e. The van der Waals surface area contributed by atoms with Gasteiger partial charge < -0.3 is 10.0 Å². The second-order valence-electron chi connectivity index (χ2n) is 6.15. The van der Waals surface area contributed by atoms with Gasteiger partial charge in [-0.2, -0.15) is 0 Å². The van der Waals surface area contributed by atoms with E-state index in [0.29, 0.717) is 6.54 Å². The molecule has 1 aliphatic rings. The first-order valence-electron chi connectivity index (χ1n) is 7.69. The molecule has 0 radical (unpaired) electrons. The first-order valence-corrected chi connectivity index (χ1v) is 7.69. The Morgan fingerprint density at radius 1 is 1.09 bits per heavy atom. The monoisotopic (exact) mass is 295 g/mol. The van der Waals surface area contributed by atoms with Crippen molar-refractivity contribution >= 4 is 5.91 Å². The molecular weight excluding hydrogens is 274 g/mol. The first-order chi connectivity index (χ1) is 10.6. The number of carbonyl (C=O) groups is 1. The fourth-order valence-corrected chi connectivity index (χ4v) is 3.01. The van der Waals surface area contributed by atoms with Crippen LogP contribution in [0.1, 0.15) is 30.0 Å². The van der Waals surface area contributed by atoms with Gasteiger partial charge in [-0.3, -0.25) is 4.79 Å². The Morgan fingerprint density at radius 2 is 1.73 bits per heavy atom. The van der Waals surface area contributed by atoms with Crippen LogP contribution in [0.4, 0.5) is 0 Å². The molecule has 114 valence electrons. The molecule has 0 aliphatic carbocycles. The Labute approximate surface area is 131 Å². The molecule has 0 saturated carbocycles. The smallest absolute Gasteiger partial charge is 0.226 e. The fraction of sp³-hybridized carbons (Fsp3) is 0.316. The van der Waals surface area contributed by atoms with E-state index in [1.165, 1.54) is 11.1 Å². The van der Waals surface area contributed by atoms with Crippen LogP contribution in [0.2, 0.25) is 0 Å². The second kappa shape index (κ2) is 5.93. The molecule has 22 heavy (non-hydrogen) atoms. The second-order valence-corrected chi connectivity index (χ2v) is 6.15. The molecule has 3 nitrogen and oxygen atoms in total.